The Bertz CT molecular complexity index is 1120. The zero-order valence-electron chi connectivity index (χ0n) is 20.4. The highest BCUT2D eigenvalue weighted by Gasteiger charge is 2.78. The Morgan fingerprint density at radius 3 is 2.91 bits per heavy atom. The van der Waals surface area contributed by atoms with Crippen LogP contribution in [0.1, 0.15) is 49.3 Å². The Hall–Kier alpha value is -2.02. The standard InChI is InChI=1S/C28H35NO5/c1-17-6-8-27-15-26(17,16-33-14-18-7-11-32-13-18)24(31-3)25-28(27)9-10-29(2)21(27)12-19-4-5-20(30)23(34-25)22(19)28/h4-5,7,11,13,17,21,24-25,30H,6,8-10,12,14-16H2,1-3H3/t17?,21-,24?,25+,26-,27?,28?/m1/s1. The molecule has 1 aromatic heterocycles. The van der Waals surface area contributed by atoms with Gasteiger partial charge in [0.2, 0.25) is 0 Å². The van der Waals surface area contributed by atoms with E-state index in [9.17, 15) is 5.11 Å². The second-order valence-electron chi connectivity index (χ2n) is 11.7. The number of ether oxygens (including phenoxy) is 3. The lowest BCUT2D eigenvalue weighted by Gasteiger charge is -2.73. The highest BCUT2D eigenvalue weighted by atomic mass is 16.5. The number of aromatic hydroxyl groups is 1. The van der Waals surface area contributed by atoms with Crippen LogP contribution in [0.15, 0.2) is 35.1 Å². The van der Waals surface area contributed by atoms with Crippen LogP contribution >= 0.6 is 0 Å². The average molecular weight is 466 g/mol. The van der Waals surface area contributed by atoms with Gasteiger partial charge < -0.3 is 28.6 Å². The minimum absolute atomic E-state index is 0.0945. The Morgan fingerprint density at radius 2 is 2.12 bits per heavy atom. The number of fused-ring (bicyclic) bond motifs is 1. The van der Waals surface area contributed by atoms with Gasteiger partial charge in [0, 0.05) is 40.5 Å². The molecule has 182 valence electrons. The second-order valence-corrected chi connectivity index (χ2v) is 11.7. The largest absolute Gasteiger partial charge is 0.504 e. The second kappa shape index (κ2) is 7.02. The molecular formula is C28H35NO5. The predicted octanol–water partition coefficient (Wildman–Crippen LogP) is 4.28. The third-order valence-electron chi connectivity index (χ3n) is 10.7. The molecule has 1 aromatic carbocycles. The summed E-state index contributed by atoms with van der Waals surface area (Å²) in [6, 6.07) is 6.41. The van der Waals surface area contributed by atoms with Crippen molar-refractivity contribution in [1.82, 2.24) is 4.90 Å². The topological polar surface area (TPSA) is 64.3 Å². The van der Waals surface area contributed by atoms with Crippen molar-refractivity contribution in [3.05, 3.63) is 47.4 Å². The quantitative estimate of drug-likeness (QED) is 0.711. The van der Waals surface area contributed by atoms with E-state index in [1.54, 1.807) is 12.5 Å². The lowest BCUT2D eigenvalue weighted by molar-refractivity contribution is -0.264. The lowest BCUT2D eigenvalue weighted by atomic mass is 9.35. The van der Waals surface area contributed by atoms with Crippen molar-refractivity contribution >= 4 is 0 Å². The smallest absolute Gasteiger partial charge is 0.165 e. The molecule has 34 heavy (non-hydrogen) atoms. The van der Waals surface area contributed by atoms with Crippen LogP contribution in [0.25, 0.3) is 0 Å². The van der Waals surface area contributed by atoms with E-state index in [0.717, 1.165) is 43.5 Å². The third-order valence-corrected chi connectivity index (χ3v) is 10.7. The lowest BCUT2D eigenvalue weighted by Crippen LogP contribution is -2.78. The molecule has 4 bridgehead atoms. The summed E-state index contributed by atoms with van der Waals surface area (Å²) >= 11 is 0. The van der Waals surface area contributed by atoms with Crippen molar-refractivity contribution in [3.63, 3.8) is 0 Å². The summed E-state index contributed by atoms with van der Waals surface area (Å²) in [6.07, 6.45) is 8.76. The number of phenols is 1. The van der Waals surface area contributed by atoms with Crippen molar-refractivity contribution in [2.24, 2.45) is 16.7 Å². The van der Waals surface area contributed by atoms with Crippen LogP contribution in [0.2, 0.25) is 0 Å². The number of benzene rings is 1. The number of hydrogen-bond donors (Lipinski definition) is 1. The van der Waals surface area contributed by atoms with E-state index in [0.29, 0.717) is 25.2 Å². The molecule has 2 saturated carbocycles. The summed E-state index contributed by atoms with van der Waals surface area (Å²) in [4.78, 5) is 2.61. The highest BCUT2D eigenvalue weighted by molar-refractivity contribution is 5.62. The Kier molecular flexibility index (Phi) is 4.39. The van der Waals surface area contributed by atoms with Crippen molar-refractivity contribution in [3.8, 4) is 11.5 Å². The summed E-state index contributed by atoms with van der Waals surface area (Å²) in [5.74, 6) is 1.46. The molecular weight excluding hydrogens is 430 g/mol. The molecule has 7 rings (SSSR count). The Morgan fingerprint density at radius 1 is 1.24 bits per heavy atom. The molecule has 6 nitrogen and oxygen atoms in total. The number of hydrogen-bond acceptors (Lipinski definition) is 6. The molecule has 3 heterocycles. The SMILES string of the molecule is COC1[C@@H]2Oc3c(O)ccc4c3C23CCN(C)[C@H](C4)C32CCC(C)[C@]1(COCc1ccoc1)C2. The van der Waals surface area contributed by atoms with E-state index in [1.807, 2.05) is 19.2 Å². The number of furan rings is 1. The monoisotopic (exact) mass is 465 g/mol. The van der Waals surface area contributed by atoms with Crippen molar-refractivity contribution in [2.75, 3.05) is 27.3 Å². The molecule has 1 saturated heterocycles. The number of rotatable bonds is 5. The maximum Gasteiger partial charge on any atom is 0.165 e. The Balaban J connectivity index is 1.39. The van der Waals surface area contributed by atoms with Crippen LogP contribution in [0.4, 0.5) is 0 Å². The Labute approximate surface area is 201 Å². The predicted molar refractivity (Wildman–Crippen MR) is 126 cm³/mol. The molecule has 5 aliphatic rings. The van der Waals surface area contributed by atoms with E-state index in [4.69, 9.17) is 18.6 Å². The van der Waals surface area contributed by atoms with Crippen LogP contribution in [-0.4, -0.2) is 55.6 Å². The molecule has 2 aromatic rings. The summed E-state index contributed by atoms with van der Waals surface area (Å²) < 4.78 is 25.0. The van der Waals surface area contributed by atoms with Crippen LogP contribution in [0.5, 0.6) is 11.5 Å². The zero-order chi connectivity index (χ0) is 23.3. The minimum atomic E-state index is -0.142. The van der Waals surface area contributed by atoms with Gasteiger partial charge in [-0.3, -0.25) is 0 Å². The van der Waals surface area contributed by atoms with E-state index in [1.165, 1.54) is 17.5 Å². The van der Waals surface area contributed by atoms with Crippen LogP contribution < -0.4 is 4.74 Å². The number of likely N-dealkylation sites (N-methyl/N-ethyl adjacent to an activating group) is 1. The fraction of sp³-hybridized carbons (Fsp3) is 0.643. The van der Waals surface area contributed by atoms with Gasteiger partial charge in [-0.1, -0.05) is 13.0 Å². The van der Waals surface area contributed by atoms with Gasteiger partial charge in [-0.2, -0.15) is 0 Å². The van der Waals surface area contributed by atoms with Gasteiger partial charge >= 0.3 is 0 Å². The van der Waals surface area contributed by atoms with E-state index in [-0.39, 0.29) is 34.2 Å². The number of piperidine rings is 1. The molecule has 3 fully saturated rings. The fourth-order valence-corrected chi connectivity index (χ4v) is 9.24. The normalized spacial score (nSPS) is 41.7. The van der Waals surface area contributed by atoms with Gasteiger partial charge in [-0.15, -0.1) is 0 Å². The fourth-order valence-electron chi connectivity index (χ4n) is 9.24. The molecule has 1 N–H and O–H groups in total. The molecule has 0 amide bonds. The van der Waals surface area contributed by atoms with Gasteiger partial charge in [0.15, 0.2) is 11.5 Å². The molecule has 2 aliphatic heterocycles. The van der Waals surface area contributed by atoms with Gasteiger partial charge in [-0.25, -0.2) is 0 Å². The first-order valence-corrected chi connectivity index (χ1v) is 12.8. The van der Waals surface area contributed by atoms with E-state index in [2.05, 4.69) is 24.9 Å². The van der Waals surface area contributed by atoms with E-state index < -0.39 is 0 Å². The molecule has 7 atom stereocenters. The number of likely N-dealkylation sites (tertiary alicyclic amines) is 1. The maximum absolute atomic E-state index is 10.9. The zero-order valence-corrected chi connectivity index (χ0v) is 20.4. The molecule has 4 unspecified atom stereocenters. The van der Waals surface area contributed by atoms with Crippen LogP contribution in [0, 0.1) is 16.7 Å². The van der Waals surface area contributed by atoms with Crippen molar-refractivity contribution in [2.45, 2.75) is 69.3 Å². The number of methoxy groups -OCH3 is 1. The molecule has 0 radical (unpaired) electrons. The highest BCUT2D eigenvalue weighted by Crippen LogP contribution is 2.75. The number of phenolic OH excluding ortho intramolecular Hbond substituents is 1. The first-order valence-electron chi connectivity index (χ1n) is 12.8. The van der Waals surface area contributed by atoms with Gasteiger partial charge in [-0.05, 0) is 69.3 Å². The summed E-state index contributed by atoms with van der Waals surface area (Å²) in [5.41, 5.74) is 3.55. The average Bonchev–Trinajstić information content (AvgIpc) is 3.46. The third kappa shape index (κ3) is 2.33. The minimum Gasteiger partial charge on any atom is -0.504 e. The molecule has 3 aliphatic carbocycles. The summed E-state index contributed by atoms with van der Waals surface area (Å²) in [7, 11) is 4.15. The van der Waals surface area contributed by atoms with Crippen molar-refractivity contribution < 1.29 is 23.7 Å². The summed E-state index contributed by atoms with van der Waals surface area (Å²) in [5, 5.41) is 10.9. The van der Waals surface area contributed by atoms with Crippen LogP contribution in [-0.2, 0) is 27.9 Å². The first kappa shape index (κ1) is 21.3. The van der Waals surface area contributed by atoms with Gasteiger partial charge in [0.05, 0.1) is 25.7 Å². The summed E-state index contributed by atoms with van der Waals surface area (Å²) in [6.45, 7) is 4.61. The molecule has 2 spiro atoms. The van der Waals surface area contributed by atoms with Gasteiger partial charge in [0.1, 0.15) is 12.2 Å². The van der Waals surface area contributed by atoms with Gasteiger partial charge in [0.25, 0.3) is 0 Å². The molecule has 6 heteroatoms. The van der Waals surface area contributed by atoms with E-state index >= 15 is 0 Å². The number of nitrogens with zero attached hydrogens (tertiary/aromatic N) is 1. The van der Waals surface area contributed by atoms with Crippen LogP contribution in [0.3, 0.4) is 0 Å². The maximum atomic E-state index is 10.9. The van der Waals surface area contributed by atoms with Crippen molar-refractivity contribution in [1.29, 1.82) is 0 Å². The first-order chi connectivity index (χ1) is 16.5.